The van der Waals surface area contributed by atoms with Gasteiger partial charge in [-0.2, -0.15) is 5.26 Å². The lowest BCUT2D eigenvalue weighted by atomic mass is 10.3. The molecule has 0 radical (unpaired) electrons. The molecule has 2 aromatic rings. The van der Waals surface area contributed by atoms with Crippen LogP contribution in [-0.2, 0) is 0 Å². The Balaban J connectivity index is 0.000000246. The summed E-state index contributed by atoms with van der Waals surface area (Å²) in [5, 5.41) is 21.3. The number of oxime groups is 1. The molecule has 2 rings (SSSR count). The molecule has 102 valence electrons. The number of nitriles is 1. The predicted molar refractivity (Wildman–Crippen MR) is 75.4 cm³/mol. The molecule has 0 amide bonds. The van der Waals surface area contributed by atoms with Crippen LogP contribution in [0.2, 0.25) is 0 Å². The second kappa shape index (κ2) is 8.88. The van der Waals surface area contributed by atoms with Gasteiger partial charge in [-0.1, -0.05) is 23.4 Å². The van der Waals surface area contributed by atoms with Gasteiger partial charge in [0.05, 0.1) is 12.5 Å². The van der Waals surface area contributed by atoms with Crippen molar-refractivity contribution in [2.45, 2.75) is 6.42 Å². The molecule has 1 aromatic heterocycles. The van der Waals surface area contributed by atoms with Gasteiger partial charge < -0.3 is 16.3 Å². The van der Waals surface area contributed by atoms with Crippen LogP contribution >= 0.6 is 0 Å². The monoisotopic (exact) mass is 270 g/mol. The lowest BCUT2D eigenvalue weighted by molar-refractivity contribution is 0.317. The maximum atomic E-state index is 7.85. The van der Waals surface area contributed by atoms with Gasteiger partial charge in [-0.3, -0.25) is 0 Å². The summed E-state index contributed by atoms with van der Waals surface area (Å²) in [5.41, 5.74) is 5.86. The fourth-order valence-corrected chi connectivity index (χ4v) is 1.13. The average molecular weight is 270 g/mol. The summed E-state index contributed by atoms with van der Waals surface area (Å²) < 4.78 is 0. The Morgan fingerprint density at radius 2 is 1.90 bits per heavy atom. The van der Waals surface area contributed by atoms with Gasteiger partial charge in [0.2, 0.25) is 5.95 Å². The third-order valence-electron chi connectivity index (χ3n) is 1.98. The van der Waals surface area contributed by atoms with E-state index in [2.05, 4.69) is 20.4 Å². The van der Waals surface area contributed by atoms with Crippen molar-refractivity contribution >= 4 is 17.5 Å². The average Bonchev–Trinajstić information content (AvgIpc) is 2.50. The molecule has 0 bridgehead atoms. The Kier molecular flexibility index (Phi) is 6.62. The van der Waals surface area contributed by atoms with Crippen LogP contribution in [0.15, 0.2) is 53.9 Å². The molecule has 4 N–H and O–H groups in total. The van der Waals surface area contributed by atoms with Gasteiger partial charge in [-0.05, 0) is 18.2 Å². The molecule has 7 heteroatoms. The highest BCUT2D eigenvalue weighted by Crippen LogP contribution is 2.09. The van der Waals surface area contributed by atoms with Crippen molar-refractivity contribution < 1.29 is 5.21 Å². The highest BCUT2D eigenvalue weighted by Gasteiger charge is 1.92. The van der Waals surface area contributed by atoms with Gasteiger partial charge in [0.1, 0.15) is 0 Å². The fourth-order valence-electron chi connectivity index (χ4n) is 1.13. The van der Waals surface area contributed by atoms with E-state index in [1.54, 1.807) is 24.5 Å². The molecule has 0 aliphatic rings. The van der Waals surface area contributed by atoms with Crippen LogP contribution in [0.4, 0.5) is 11.6 Å². The van der Waals surface area contributed by atoms with Crippen molar-refractivity contribution in [1.82, 2.24) is 9.97 Å². The van der Waals surface area contributed by atoms with Gasteiger partial charge in [-0.15, -0.1) is 0 Å². The number of hydrogen-bond donors (Lipinski definition) is 3. The van der Waals surface area contributed by atoms with E-state index in [4.69, 9.17) is 16.2 Å². The van der Waals surface area contributed by atoms with Crippen molar-refractivity contribution in [1.29, 1.82) is 5.26 Å². The zero-order valence-electron chi connectivity index (χ0n) is 10.6. The Labute approximate surface area is 116 Å². The number of aromatic nitrogens is 2. The summed E-state index contributed by atoms with van der Waals surface area (Å²) in [5.74, 6) is 0.566. The SMILES string of the molecule is N#CCC(N)=NO.c1ccc(Nc2ncccn2)cc1. The third kappa shape index (κ3) is 5.97. The van der Waals surface area contributed by atoms with E-state index >= 15 is 0 Å². The molecule has 1 aromatic carbocycles. The van der Waals surface area contributed by atoms with Crippen LogP contribution in [0.25, 0.3) is 0 Å². The molecule has 0 aliphatic heterocycles. The number of nitrogens with two attached hydrogens (primary N) is 1. The maximum absolute atomic E-state index is 7.85. The van der Waals surface area contributed by atoms with Gasteiger partial charge >= 0.3 is 0 Å². The second-order valence-corrected chi connectivity index (χ2v) is 3.49. The lowest BCUT2D eigenvalue weighted by Crippen LogP contribution is -2.09. The van der Waals surface area contributed by atoms with Crippen molar-refractivity contribution in [2.75, 3.05) is 5.32 Å². The fraction of sp³-hybridized carbons (Fsp3) is 0.0769. The van der Waals surface area contributed by atoms with Crippen molar-refractivity contribution in [2.24, 2.45) is 10.9 Å². The smallest absolute Gasteiger partial charge is 0.227 e. The molecule has 0 aliphatic carbocycles. The van der Waals surface area contributed by atoms with Crippen LogP contribution in [0, 0.1) is 11.3 Å². The van der Waals surface area contributed by atoms with Crippen molar-refractivity contribution in [3.05, 3.63) is 48.8 Å². The molecule has 1 heterocycles. The predicted octanol–water partition coefficient (Wildman–Crippen LogP) is 1.87. The number of anilines is 2. The zero-order chi connectivity index (χ0) is 14.6. The first kappa shape index (κ1) is 14.9. The first-order chi connectivity index (χ1) is 9.76. The number of rotatable bonds is 3. The number of nitrogens with one attached hydrogen (secondary N) is 1. The number of para-hydroxylation sites is 1. The molecule has 20 heavy (non-hydrogen) atoms. The van der Waals surface area contributed by atoms with E-state index < -0.39 is 0 Å². The van der Waals surface area contributed by atoms with E-state index in [9.17, 15) is 0 Å². The summed E-state index contributed by atoms with van der Waals surface area (Å²) >= 11 is 0. The van der Waals surface area contributed by atoms with Crippen LogP contribution in [0.5, 0.6) is 0 Å². The molecule has 7 nitrogen and oxygen atoms in total. The molecule has 0 saturated carbocycles. The molecule has 0 spiro atoms. The van der Waals surface area contributed by atoms with Gasteiger partial charge in [0.15, 0.2) is 5.84 Å². The van der Waals surface area contributed by atoms with Crippen LogP contribution < -0.4 is 11.1 Å². The highest BCUT2D eigenvalue weighted by molar-refractivity contribution is 5.81. The molecular formula is C13H14N6O. The number of nitrogens with zero attached hydrogens (tertiary/aromatic N) is 4. The van der Waals surface area contributed by atoms with Crippen molar-refractivity contribution in [3.63, 3.8) is 0 Å². The second-order valence-electron chi connectivity index (χ2n) is 3.49. The summed E-state index contributed by atoms with van der Waals surface area (Å²) in [7, 11) is 0. The first-order valence-corrected chi connectivity index (χ1v) is 5.68. The first-order valence-electron chi connectivity index (χ1n) is 5.68. The Bertz CT molecular complexity index is 527. The number of amidine groups is 1. The zero-order valence-corrected chi connectivity index (χ0v) is 10.6. The summed E-state index contributed by atoms with van der Waals surface area (Å²) in [6, 6.07) is 13.3. The quantitative estimate of drug-likeness (QED) is 0.339. The van der Waals surface area contributed by atoms with Gasteiger partial charge in [0, 0.05) is 18.1 Å². The Morgan fingerprint density at radius 3 is 2.40 bits per heavy atom. The number of hydrogen-bond acceptors (Lipinski definition) is 6. The van der Waals surface area contributed by atoms with E-state index in [1.165, 1.54) is 0 Å². The maximum Gasteiger partial charge on any atom is 0.227 e. The van der Waals surface area contributed by atoms with Gasteiger partial charge in [-0.25, -0.2) is 9.97 Å². The Morgan fingerprint density at radius 1 is 1.25 bits per heavy atom. The topological polar surface area (TPSA) is 120 Å². The van der Waals surface area contributed by atoms with E-state index in [-0.39, 0.29) is 12.3 Å². The van der Waals surface area contributed by atoms with E-state index in [0.29, 0.717) is 5.95 Å². The van der Waals surface area contributed by atoms with E-state index in [0.717, 1.165) is 5.69 Å². The largest absolute Gasteiger partial charge is 0.409 e. The van der Waals surface area contributed by atoms with Crippen LogP contribution in [0.1, 0.15) is 6.42 Å². The summed E-state index contributed by atoms with van der Waals surface area (Å²) in [6.07, 6.45) is 3.40. The Hall–Kier alpha value is -3.14. The molecule has 0 fully saturated rings. The van der Waals surface area contributed by atoms with Crippen molar-refractivity contribution in [3.8, 4) is 6.07 Å². The number of benzene rings is 1. The molecule has 0 saturated heterocycles. The lowest BCUT2D eigenvalue weighted by Gasteiger charge is -2.02. The highest BCUT2D eigenvalue weighted by atomic mass is 16.4. The molecular weight excluding hydrogens is 256 g/mol. The standard InChI is InChI=1S/C10H9N3.C3H5N3O/c1-2-5-9(6-3-1)13-10-11-7-4-8-12-10;4-2-1-3(5)6-7/h1-8H,(H,11,12,13);7H,1H2,(H2,5,6). The van der Waals surface area contributed by atoms with E-state index in [1.807, 2.05) is 30.3 Å². The summed E-state index contributed by atoms with van der Waals surface area (Å²) in [6.45, 7) is 0. The van der Waals surface area contributed by atoms with Crippen LogP contribution in [-0.4, -0.2) is 21.0 Å². The minimum atomic E-state index is -0.0532. The summed E-state index contributed by atoms with van der Waals surface area (Å²) in [4.78, 5) is 8.10. The normalized spacial score (nSPS) is 9.85. The minimum absolute atomic E-state index is 0.0174. The molecule has 0 atom stereocenters. The molecule has 0 unspecified atom stereocenters. The third-order valence-corrected chi connectivity index (χ3v) is 1.98. The minimum Gasteiger partial charge on any atom is -0.409 e. The van der Waals surface area contributed by atoms with Crippen LogP contribution in [0.3, 0.4) is 0 Å². The van der Waals surface area contributed by atoms with Gasteiger partial charge in [0.25, 0.3) is 0 Å².